The summed E-state index contributed by atoms with van der Waals surface area (Å²) in [7, 11) is 0. The van der Waals surface area contributed by atoms with Crippen molar-refractivity contribution in [2.75, 3.05) is 13.1 Å². The second kappa shape index (κ2) is 5.32. The van der Waals surface area contributed by atoms with E-state index in [9.17, 15) is 14.4 Å². The van der Waals surface area contributed by atoms with Crippen LogP contribution in [-0.4, -0.2) is 51.2 Å². The van der Waals surface area contributed by atoms with Gasteiger partial charge in [0.05, 0.1) is 17.5 Å². The van der Waals surface area contributed by atoms with E-state index in [1.807, 2.05) is 0 Å². The molecule has 1 amide bonds. The number of hydrogen-bond acceptors (Lipinski definition) is 5. The molecule has 20 heavy (non-hydrogen) atoms. The lowest BCUT2D eigenvalue weighted by atomic mass is 9.85. The fourth-order valence-electron chi connectivity index (χ4n) is 2.30. The Bertz CT molecular complexity index is 552. The molecule has 0 bridgehead atoms. The molecular formula is C12H14N2O6. The van der Waals surface area contributed by atoms with Gasteiger partial charge in [0.2, 0.25) is 5.76 Å². The summed E-state index contributed by atoms with van der Waals surface area (Å²) < 4.78 is 4.84. The third-order valence-electron chi connectivity index (χ3n) is 3.37. The molecule has 2 unspecified atom stereocenters. The third kappa shape index (κ3) is 2.63. The summed E-state index contributed by atoms with van der Waals surface area (Å²) in [4.78, 5) is 35.6. The molecule has 0 saturated carbocycles. The van der Waals surface area contributed by atoms with E-state index >= 15 is 0 Å². The minimum atomic E-state index is -1.22. The van der Waals surface area contributed by atoms with Crippen molar-refractivity contribution in [3.63, 3.8) is 0 Å². The van der Waals surface area contributed by atoms with Gasteiger partial charge in [-0.05, 0) is 13.3 Å². The number of carbonyl (C=O) groups is 3. The number of nitrogens with zero attached hydrogens (tertiary/aromatic N) is 2. The highest BCUT2D eigenvalue weighted by atomic mass is 16.5. The number of carbonyl (C=O) groups excluding carboxylic acids is 1. The maximum absolute atomic E-state index is 12.1. The summed E-state index contributed by atoms with van der Waals surface area (Å²) in [6.45, 7) is 1.70. The van der Waals surface area contributed by atoms with E-state index in [-0.39, 0.29) is 25.3 Å². The predicted octanol–water partition coefficient (Wildman–Crippen LogP) is 0.231. The van der Waals surface area contributed by atoms with E-state index in [0.717, 1.165) is 0 Å². The monoisotopic (exact) mass is 282 g/mol. The van der Waals surface area contributed by atoms with Crippen molar-refractivity contribution in [2.24, 2.45) is 11.8 Å². The van der Waals surface area contributed by atoms with Gasteiger partial charge in [0.25, 0.3) is 5.91 Å². The van der Waals surface area contributed by atoms with Crippen LogP contribution in [0, 0.1) is 18.8 Å². The fraction of sp³-hybridized carbons (Fsp3) is 0.500. The number of rotatable bonds is 3. The molecule has 2 rings (SSSR count). The number of carboxylic acid groups (broad SMARTS) is 2. The Balaban J connectivity index is 2.14. The standard InChI is InChI=1S/C12H14N2O6/c1-6-4-9(20-13-6)10(15)14-3-2-7(11(16)17)8(5-14)12(18)19/h4,7-8H,2-3,5H2,1H3,(H,16,17)(H,18,19). The van der Waals surface area contributed by atoms with Gasteiger partial charge in [-0.2, -0.15) is 0 Å². The van der Waals surface area contributed by atoms with E-state index < -0.39 is 29.7 Å². The third-order valence-corrected chi connectivity index (χ3v) is 3.37. The lowest BCUT2D eigenvalue weighted by Gasteiger charge is -2.33. The van der Waals surface area contributed by atoms with Crippen LogP contribution in [0.3, 0.4) is 0 Å². The normalized spacial score (nSPS) is 22.6. The van der Waals surface area contributed by atoms with Gasteiger partial charge in [-0.15, -0.1) is 0 Å². The highest BCUT2D eigenvalue weighted by molar-refractivity contribution is 5.92. The van der Waals surface area contributed by atoms with Gasteiger partial charge < -0.3 is 19.6 Å². The van der Waals surface area contributed by atoms with Gasteiger partial charge >= 0.3 is 11.9 Å². The number of aliphatic carboxylic acids is 2. The molecule has 1 aromatic heterocycles. The van der Waals surface area contributed by atoms with Gasteiger partial charge in [0.15, 0.2) is 0 Å². The average molecular weight is 282 g/mol. The quantitative estimate of drug-likeness (QED) is 0.813. The molecule has 0 radical (unpaired) electrons. The van der Waals surface area contributed by atoms with Crippen LogP contribution >= 0.6 is 0 Å². The van der Waals surface area contributed by atoms with Crippen LogP contribution in [0.2, 0.25) is 0 Å². The first-order chi connectivity index (χ1) is 9.40. The molecule has 8 heteroatoms. The van der Waals surface area contributed by atoms with Gasteiger partial charge in [-0.3, -0.25) is 14.4 Å². The minimum absolute atomic E-state index is 0.0282. The lowest BCUT2D eigenvalue weighted by molar-refractivity contribution is -0.156. The molecule has 1 aromatic rings. The lowest BCUT2D eigenvalue weighted by Crippen LogP contribution is -2.48. The van der Waals surface area contributed by atoms with Gasteiger partial charge in [-0.1, -0.05) is 5.16 Å². The van der Waals surface area contributed by atoms with E-state index in [2.05, 4.69) is 5.16 Å². The van der Waals surface area contributed by atoms with Crippen LogP contribution in [0.25, 0.3) is 0 Å². The Kier molecular flexibility index (Phi) is 3.73. The molecule has 1 aliphatic rings. The number of likely N-dealkylation sites (tertiary alicyclic amines) is 1. The Hall–Kier alpha value is -2.38. The summed E-state index contributed by atoms with van der Waals surface area (Å²) in [5.41, 5.74) is 0.545. The highest BCUT2D eigenvalue weighted by Gasteiger charge is 2.40. The molecule has 8 nitrogen and oxygen atoms in total. The molecule has 0 aliphatic carbocycles. The van der Waals surface area contributed by atoms with Crippen LogP contribution in [0.5, 0.6) is 0 Å². The van der Waals surface area contributed by atoms with Crippen LogP contribution in [-0.2, 0) is 9.59 Å². The molecule has 1 saturated heterocycles. The van der Waals surface area contributed by atoms with Crippen LogP contribution in [0.4, 0.5) is 0 Å². The first-order valence-corrected chi connectivity index (χ1v) is 6.08. The SMILES string of the molecule is Cc1cc(C(=O)N2CCC(C(=O)O)C(C(=O)O)C2)on1. The molecule has 2 N–H and O–H groups in total. The van der Waals surface area contributed by atoms with E-state index in [0.29, 0.717) is 5.69 Å². The topological polar surface area (TPSA) is 121 Å². The van der Waals surface area contributed by atoms with Gasteiger partial charge in [0, 0.05) is 19.2 Å². The second-order valence-electron chi connectivity index (χ2n) is 4.76. The van der Waals surface area contributed by atoms with Crippen LogP contribution in [0.1, 0.15) is 22.7 Å². The van der Waals surface area contributed by atoms with E-state index in [4.69, 9.17) is 14.7 Å². The van der Waals surface area contributed by atoms with Crippen molar-refractivity contribution in [3.8, 4) is 0 Å². The first kappa shape index (κ1) is 14.0. The Morgan fingerprint density at radius 1 is 1.30 bits per heavy atom. The van der Waals surface area contributed by atoms with E-state index in [1.165, 1.54) is 11.0 Å². The predicted molar refractivity (Wildman–Crippen MR) is 64.0 cm³/mol. The molecule has 1 fully saturated rings. The van der Waals surface area contributed by atoms with Crippen molar-refractivity contribution in [3.05, 3.63) is 17.5 Å². The van der Waals surface area contributed by atoms with Gasteiger partial charge in [0.1, 0.15) is 0 Å². The molecule has 0 aromatic carbocycles. The average Bonchev–Trinajstić information content (AvgIpc) is 2.83. The number of amides is 1. The zero-order valence-corrected chi connectivity index (χ0v) is 10.8. The highest BCUT2D eigenvalue weighted by Crippen LogP contribution is 2.25. The summed E-state index contributed by atoms with van der Waals surface area (Å²) in [5.74, 6) is -4.91. The van der Waals surface area contributed by atoms with Crippen LogP contribution in [0.15, 0.2) is 10.6 Å². The van der Waals surface area contributed by atoms with Crippen molar-refractivity contribution in [2.45, 2.75) is 13.3 Å². The molecule has 2 atom stereocenters. The maximum atomic E-state index is 12.1. The molecular weight excluding hydrogens is 268 g/mol. The van der Waals surface area contributed by atoms with Crippen molar-refractivity contribution < 1.29 is 29.1 Å². The second-order valence-corrected chi connectivity index (χ2v) is 4.76. The summed E-state index contributed by atoms with van der Waals surface area (Å²) >= 11 is 0. The number of piperidine rings is 1. The van der Waals surface area contributed by atoms with Crippen LogP contribution < -0.4 is 0 Å². The van der Waals surface area contributed by atoms with Crippen molar-refractivity contribution in [1.29, 1.82) is 0 Å². The number of carboxylic acids is 2. The molecule has 108 valence electrons. The Morgan fingerprint density at radius 2 is 1.95 bits per heavy atom. The Morgan fingerprint density at radius 3 is 2.45 bits per heavy atom. The number of aryl methyl sites for hydroxylation is 1. The maximum Gasteiger partial charge on any atom is 0.309 e. The summed E-state index contributed by atoms with van der Waals surface area (Å²) in [6, 6.07) is 1.46. The number of aromatic nitrogens is 1. The van der Waals surface area contributed by atoms with Crippen molar-refractivity contribution in [1.82, 2.24) is 10.1 Å². The molecule has 2 heterocycles. The Labute approximate surface area is 114 Å². The zero-order valence-electron chi connectivity index (χ0n) is 10.8. The summed E-state index contributed by atoms with van der Waals surface area (Å²) in [6.07, 6.45) is 0.102. The molecule has 0 spiro atoms. The fourth-order valence-corrected chi connectivity index (χ4v) is 2.30. The zero-order chi connectivity index (χ0) is 14.9. The van der Waals surface area contributed by atoms with Gasteiger partial charge in [-0.25, -0.2) is 0 Å². The largest absolute Gasteiger partial charge is 0.481 e. The first-order valence-electron chi connectivity index (χ1n) is 6.08. The van der Waals surface area contributed by atoms with Crippen molar-refractivity contribution >= 4 is 17.8 Å². The number of hydrogen-bond donors (Lipinski definition) is 2. The molecule has 1 aliphatic heterocycles. The smallest absolute Gasteiger partial charge is 0.309 e. The van der Waals surface area contributed by atoms with E-state index in [1.54, 1.807) is 6.92 Å². The minimum Gasteiger partial charge on any atom is -0.481 e. The summed E-state index contributed by atoms with van der Waals surface area (Å²) in [5, 5.41) is 21.7.